The van der Waals surface area contributed by atoms with Crippen LogP contribution in [0.5, 0.6) is 0 Å². The quantitative estimate of drug-likeness (QED) is 0.378. The molecule has 0 spiro atoms. The number of fused-ring (bicyclic) bond motifs is 8. The van der Waals surface area contributed by atoms with Crippen LogP contribution >= 0.6 is 0 Å². The molecule has 0 radical (unpaired) electrons. The van der Waals surface area contributed by atoms with Crippen LogP contribution in [0.25, 0.3) is 0 Å². The summed E-state index contributed by atoms with van der Waals surface area (Å²) >= 11 is 0. The van der Waals surface area contributed by atoms with E-state index in [1.54, 1.807) is 0 Å². The molecule has 1 saturated carbocycles. The average Bonchev–Trinajstić information content (AvgIpc) is 2.90. The summed E-state index contributed by atoms with van der Waals surface area (Å²) in [6, 6.07) is 0. The van der Waals surface area contributed by atoms with Crippen LogP contribution in [-0.2, 0) is 4.74 Å². The van der Waals surface area contributed by atoms with E-state index >= 15 is 0 Å². The molecule has 5 heteroatoms. The first-order chi connectivity index (χ1) is 7.61. The molecule has 2 aliphatic heterocycles. The molecule has 3 aliphatic rings. The van der Waals surface area contributed by atoms with Gasteiger partial charge in [-0.15, -0.1) is 0 Å². The molecule has 2 bridgehead atoms. The lowest BCUT2D eigenvalue weighted by Crippen LogP contribution is -2.11. The number of benzene rings is 1. The van der Waals surface area contributed by atoms with Crippen molar-refractivity contribution in [3.63, 3.8) is 0 Å². The number of hydrogen-bond acceptors (Lipinski definition) is 1. The van der Waals surface area contributed by atoms with E-state index in [1.165, 1.54) is 0 Å². The van der Waals surface area contributed by atoms with Crippen molar-refractivity contribution in [1.82, 2.24) is 0 Å². The second kappa shape index (κ2) is 2.42. The summed E-state index contributed by atoms with van der Waals surface area (Å²) < 4.78 is 58.6. The highest BCUT2D eigenvalue weighted by atomic mass is 19.2. The van der Waals surface area contributed by atoms with Gasteiger partial charge < -0.3 is 4.74 Å². The lowest BCUT2D eigenvalue weighted by molar-refractivity contribution is 0.0370. The zero-order valence-electron chi connectivity index (χ0n) is 7.94. The highest BCUT2D eigenvalue weighted by molar-refractivity contribution is 5.44. The first-order valence-corrected chi connectivity index (χ1v) is 5.12. The van der Waals surface area contributed by atoms with Crippen molar-refractivity contribution in [2.24, 2.45) is 11.8 Å². The molecule has 1 nitrogen and oxygen atoms in total. The van der Waals surface area contributed by atoms with Gasteiger partial charge in [-0.1, -0.05) is 0 Å². The van der Waals surface area contributed by atoms with E-state index in [0.29, 0.717) is 0 Å². The first-order valence-electron chi connectivity index (χ1n) is 5.12. The molecule has 4 rings (SSSR count). The monoisotopic (exact) mass is 230 g/mol. The SMILES string of the molecule is Fc1c(F)c(F)c2c(c1F)C1OC2C2CC12. The smallest absolute Gasteiger partial charge is 0.197 e. The van der Waals surface area contributed by atoms with Gasteiger partial charge in [0.1, 0.15) is 0 Å². The normalized spacial score (nSPS) is 37.5. The van der Waals surface area contributed by atoms with E-state index in [1.807, 2.05) is 0 Å². The minimum atomic E-state index is -1.73. The maximum atomic E-state index is 13.5. The maximum Gasteiger partial charge on any atom is 0.197 e. The van der Waals surface area contributed by atoms with E-state index in [9.17, 15) is 17.6 Å². The molecule has 1 aromatic carbocycles. The Hall–Kier alpha value is -1.10. The topological polar surface area (TPSA) is 9.23 Å². The fourth-order valence-electron chi connectivity index (χ4n) is 3.08. The van der Waals surface area contributed by atoms with Gasteiger partial charge in [-0.3, -0.25) is 0 Å². The first kappa shape index (κ1) is 8.98. The molecule has 84 valence electrons. The molecule has 4 unspecified atom stereocenters. The third kappa shape index (κ3) is 0.764. The van der Waals surface area contributed by atoms with Crippen LogP contribution in [0.4, 0.5) is 17.6 Å². The van der Waals surface area contributed by atoms with Gasteiger partial charge in [0.05, 0.1) is 12.2 Å². The predicted octanol–water partition coefficient (Wildman–Crippen LogP) is 3.01. The van der Waals surface area contributed by atoms with Gasteiger partial charge in [0.2, 0.25) is 0 Å². The minimum Gasteiger partial charge on any atom is -0.365 e. The van der Waals surface area contributed by atoms with E-state index in [2.05, 4.69) is 0 Å². The van der Waals surface area contributed by atoms with Crippen molar-refractivity contribution < 1.29 is 22.3 Å². The van der Waals surface area contributed by atoms with Crippen molar-refractivity contribution in [3.05, 3.63) is 34.4 Å². The van der Waals surface area contributed by atoms with E-state index < -0.39 is 35.5 Å². The lowest BCUT2D eigenvalue weighted by Gasteiger charge is -2.13. The van der Waals surface area contributed by atoms with Crippen molar-refractivity contribution in [1.29, 1.82) is 0 Å². The molecule has 16 heavy (non-hydrogen) atoms. The Bertz CT molecular complexity index is 482. The molecule has 2 heterocycles. The van der Waals surface area contributed by atoms with Crippen LogP contribution in [0.1, 0.15) is 29.8 Å². The molecule has 1 saturated heterocycles. The third-order valence-corrected chi connectivity index (χ3v) is 3.87. The van der Waals surface area contributed by atoms with Crippen LogP contribution in [0, 0.1) is 35.1 Å². The lowest BCUT2D eigenvalue weighted by atomic mass is 9.90. The number of ether oxygens (including phenoxy) is 1. The van der Waals surface area contributed by atoms with Crippen molar-refractivity contribution in [3.8, 4) is 0 Å². The Balaban J connectivity index is 2.07. The molecule has 4 atom stereocenters. The molecule has 2 fully saturated rings. The van der Waals surface area contributed by atoms with Gasteiger partial charge in [0.15, 0.2) is 23.3 Å². The second-order valence-electron chi connectivity index (χ2n) is 4.62. The van der Waals surface area contributed by atoms with E-state index in [4.69, 9.17) is 4.74 Å². The molecule has 0 amide bonds. The number of hydrogen-bond donors (Lipinski definition) is 0. The molecule has 1 aromatic rings. The Labute approximate surface area is 88.0 Å². The molecule has 0 N–H and O–H groups in total. The summed E-state index contributed by atoms with van der Waals surface area (Å²) in [5, 5.41) is 0. The summed E-state index contributed by atoms with van der Waals surface area (Å²) in [4.78, 5) is 0. The van der Waals surface area contributed by atoms with Gasteiger partial charge in [-0.25, -0.2) is 17.6 Å². The maximum absolute atomic E-state index is 13.5. The van der Waals surface area contributed by atoms with Crippen molar-refractivity contribution >= 4 is 0 Å². The minimum absolute atomic E-state index is 0.0971. The Morgan fingerprint density at radius 2 is 1.19 bits per heavy atom. The van der Waals surface area contributed by atoms with Gasteiger partial charge in [-0.2, -0.15) is 0 Å². The fourth-order valence-corrected chi connectivity index (χ4v) is 3.08. The van der Waals surface area contributed by atoms with Gasteiger partial charge in [0, 0.05) is 11.1 Å². The number of rotatable bonds is 0. The largest absolute Gasteiger partial charge is 0.365 e. The summed E-state index contributed by atoms with van der Waals surface area (Å²) in [5.41, 5.74) is -0.194. The third-order valence-electron chi connectivity index (χ3n) is 3.87. The van der Waals surface area contributed by atoms with Crippen LogP contribution in [0.3, 0.4) is 0 Å². The predicted molar refractivity (Wildman–Crippen MR) is 44.4 cm³/mol. The van der Waals surface area contributed by atoms with Crippen LogP contribution in [0.15, 0.2) is 0 Å². The zero-order chi connectivity index (χ0) is 11.2. The van der Waals surface area contributed by atoms with Crippen LogP contribution in [-0.4, -0.2) is 0 Å². The highest BCUT2D eigenvalue weighted by Crippen LogP contribution is 2.70. The summed E-state index contributed by atoms with van der Waals surface area (Å²) in [7, 11) is 0. The van der Waals surface area contributed by atoms with Gasteiger partial charge >= 0.3 is 0 Å². The van der Waals surface area contributed by atoms with E-state index in [0.717, 1.165) is 6.42 Å². The summed E-state index contributed by atoms with van der Waals surface area (Å²) in [5.74, 6) is -5.71. The molecule has 1 aliphatic carbocycles. The van der Waals surface area contributed by atoms with E-state index in [-0.39, 0.29) is 23.0 Å². The van der Waals surface area contributed by atoms with Crippen molar-refractivity contribution in [2.75, 3.05) is 0 Å². The van der Waals surface area contributed by atoms with Gasteiger partial charge in [-0.05, 0) is 18.3 Å². The highest BCUT2D eigenvalue weighted by Gasteiger charge is 2.63. The Morgan fingerprint density at radius 3 is 1.62 bits per heavy atom. The zero-order valence-corrected chi connectivity index (χ0v) is 7.94. The number of halogens is 4. The summed E-state index contributed by atoms with van der Waals surface area (Å²) in [6.45, 7) is 0. The average molecular weight is 230 g/mol. The second-order valence-corrected chi connectivity index (χ2v) is 4.62. The Kier molecular flexibility index (Phi) is 1.36. The molecular formula is C11H6F4O. The van der Waals surface area contributed by atoms with Crippen molar-refractivity contribution in [2.45, 2.75) is 18.6 Å². The summed E-state index contributed by atoms with van der Waals surface area (Å²) in [6.07, 6.45) is -0.323. The van der Waals surface area contributed by atoms with Gasteiger partial charge in [0.25, 0.3) is 0 Å². The Morgan fingerprint density at radius 1 is 0.750 bits per heavy atom. The van der Waals surface area contributed by atoms with Crippen LogP contribution in [0.2, 0.25) is 0 Å². The fraction of sp³-hybridized carbons (Fsp3) is 0.455. The molecule has 0 aromatic heterocycles. The standard InChI is InChI=1S/C11H6F4O/c12-6-4-5(7(13)9(15)8(6)14)11-3-1-2(3)10(4)16-11/h2-3,10-11H,1H2. The van der Waals surface area contributed by atoms with Crippen LogP contribution < -0.4 is 0 Å². The molecular weight excluding hydrogens is 224 g/mol.